The molecule has 0 atom stereocenters. The number of aromatic nitrogens is 1. The highest BCUT2D eigenvalue weighted by Gasteiger charge is 2.05. The molecule has 2 N–H and O–H groups in total. The largest absolute Gasteiger partial charge is 0.325 e. The Bertz CT molecular complexity index is 453. The van der Waals surface area contributed by atoms with Gasteiger partial charge >= 0.3 is 0 Å². The van der Waals surface area contributed by atoms with Gasteiger partial charge in [0.25, 0.3) is 0 Å². The Morgan fingerprint density at radius 1 is 1.24 bits per heavy atom. The van der Waals surface area contributed by atoms with Gasteiger partial charge < -0.3 is 5.73 Å². The van der Waals surface area contributed by atoms with E-state index >= 15 is 0 Å². The monoisotopic (exact) mass is 247 g/mol. The van der Waals surface area contributed by atoms with E-state index in [1.165, 1.54) is 5.56 Å². The van der Waals surface area contributed by atoms with E-state index in [1.807, 2.05) is 6.07 Å². The van der Waals surface area contributed by atoms with Crippen LogP contribution in [-0.4, -0.2) is 16.9 Å². The van der Waals surface area contributed by atoms with Crippen LogP contribution in [0.5, 0.6) is 0 Å². The Hall–Kier alpha value is -1.23. The molecule has 0 saturated heterocycles. The number of thiazole rings is 1. The standard InChI is InChI=1S/C13H17N3S/c1-16(8-11-5-3-2-4-6-11)9-12-10-17-13(7-14)15-12/h2-6,10H,7-9,14H2,1H3. The zero-order chi connectivity index (χ0) is 12.1. The molecule has 1 heterocycles. The van der Waals surface area contributed by atoms with Crippen molar-refractivity contribution in [1.29, 1.82) is 0 Å². The van der Waals surface area contributed by atoms with Crippen molar-refractivity contribution >= 4 is 11.3 Å². The molecule has 1 aromatic heterocycles. The van der Waals surface area contributed by atoms with Gasteiger partial charge in [0.2, 0.25) is 0 Å². The number of hydrogen-bond donors (Lipinski definition) is 1. The van der Waals surface area contributed by atoms with Crippen molar-refractivity contribution in [3.05, 3.63) is 52.0 Å². The highest BCUT2D eigenvalue weighted by molar-refractivity contribution is 7.09. The van der Waals surface area contributed by atoms with E-state index in [9.17, 15) is 0 Å². The van der Waals surface area contributed by atoms with Crippen LogP contribution in [0.4, 0.5) is 0 Å². The summed E-state index contributed by atoms with van der Waals surface area (Å²) in [5.41, 5.74) is 7.98. The van der Waals surface area contributed by atoms with Crippen LogP contribution in [0.25, 0.3) is 0 Å². The maximum atomic E-state index is 5.55. The average Bonchev–Trinajstić information content (AvgIpc) is 2.78. The number of rotatable bonds is 5. The summed E-state index contributed by atoms with van der Waals surface area (Å²) in [4.78, 5) is 6.72. The molecule has 0 unspecified atom stereocenters. The molecule has 0 amide bonds. The average molecular weight is 247 g/mol. The topological polar surface area (TPSA) is 42.1 Å². The molecule has 0 aliphatic carbocycles. The molecular weight excluding hydrogens is 230 g/mol. The Labute approximate surface area is 106 Å². The summed E-state index contributed by atoms with van der Waals surface area (Å²) in [6, 6.07) is 10.5. The maximum Gasteiger partial charge on any atom is 0.106 e. The maximum absolute atomic E-state index is 5.55. The first kappa shape index (κ1) is 12.2. The molecule has 0 spiro atoms. The Morgan fingerprint density at radius 3 is 2.65 bits per heavy atom. The summed E-state index contributed by atoms with van der Waals surface area (Å²) in [6.07, 6.45) is 0. The van der Waals surface area contributed by atoms with Crippen LogP contribution in [0.2, 0.25) is 0 Å². The third kappa shape index (κ3) is 3.63. The van der Waals surface area contributed by atoms with Gasteiger partial charge in [0, 0.05) is 25.0 Å². The van der Waals surface area contributed by atoms with Crippen molar-refractivity contribution in [2.45, 2.75) is 19.6 Å². The molecule has 0 saturated carbocycles. The van der Waals surface area contributed by atoms with Crippen LogP contribution in [0.3, 0.4) is 0 Å². The van der Waals surface area contributed by atoms with Gasteiger partial charge in [-0.3, -0.25) is 4.90 Å². The lowest BCUT2D eigenvalue weighted by Gasteiger charge is -2.15. The normalized spacial score (nSPS) is 11.0. The highest BCUT2D eigenvalue weighted by Crippen LogP contribution is 2.12. The van der Waals surface area contributed by atoms with Crippen molar-refractivity contribution in [3.63, 3.8) is 0 Å². The van der Waals surface area contributed by atoms with Crippen LogP contribution in [0.1, 0.15) is 16.3 Å². The molecule has 4 heteroatoms. The fraction of sp³-hybridized carbons (Fsp3) is 0.308. The minimum Gasteiger partial charge on any atom is -0.325 e. The predicted molar refractivity (Wildman–Crippen MR) is 71.6 cm³/mol. The van der Waals surface area contributed by atoms with Crippen LogP contribution in [0, 0.1) is 0 Å². The Balaban J connectivity index is 1.91. The summed E-state index contributed by atoms with van der Waals surface area (Å²) in [5.74, 6) is 0. The Morgan fingerprint density at radius 2 is 2.00 bits per heavy atom. The fourth-order valence-corrected chi connectivity index (χ4v) is 2.41. The van der Waals surface area contributed by atoms with Gasteiger partial charge in [-0.15, -0.1) is 11.3 Å². The van der Waals surface area contributed by atoms with Gasteiger partial charge in [0.05, 0.1) is 5.69 Å². The van der Waals surface area contributed by atoms with Crippen molar-refractivity contribution < 1.29 is 0 Å². The summed E-state index contributed by atoms with van der Waals surface area (Å²) < 4.78 is 0. The van der Waals surface area contributed by atoms with Crippen molar-refractivity contribution in [2.24, 2.45) is 5.73 Å². The number of nitrogens with zero attached hydrogens (tertiary/aromatic N) is 2. The molecule has 3 nitrogen and oxygen atoms in total. The SMILES string of the molecule is CN(Cc1ccccc1)Cc1csc(CN)n1. The molecule has 0 radical (unpaired) electrons. The third-order valence-corrected chi connectivity index (χ3v) is 3.42. The first-order valence-electron chi connectivity index (χ1n) is 5.63. The second-order valence-corrected chi connectivity index (χ2v) is 5.04. The first-order valence-corrected chi connectivity index (χ1v) is 6.51. The van der Waals surface area contributed by atoms with E-state index in [1.54, 1.807) is 11.3 Å². The smallest absolute Gasteiger partial charge is 0.106 e. The van der Waals surface area contributed by atoms with E-state index in [0.717, 1.165) is 23.8 Å². The molecular formula is C13H17N3S. The van der Waals surface area contributed by atoms with E-state index in [-0.39, 0.29) is 0 Å². The van der Waals surface area contributed by atoms with Crippen LogP contribution >= 0.6 is 11.3 Å². The highest BCUT2D eigenvalue weighted by atomic mass is 32.1. The molecule has 2 aromatic rings. The van der Waals surface area contributed by atoms with Gasteiger partial charge in [0.1, 0.15) is 5.01 Å². The van der Waals surface area contributed by atoms with Gasteiger partial charge in [-0.2, -0.15) is 0 Å². The molecule has 0 fully saturated rings. The number of nitrogens with two attached hydrogens (primary N) is 1. The van der Waals surface area contributed by atoms with E-state index in [4.69, 9.17) is 5.73 Å². The van der Waals surface area contributed by atoms with Crippen molar-refractivity contribution in [1.82, 2.24) is 9.88 Å². The van der Waals surface area contributed by atoms with Crippen LogP contribution < -0.4 is 5.73 Å². The second-order valence-electron chi connectivity index (χ2n) is 4.09. The summed E-state index contributed by atoms with van der Waals surface area (Å²) in [7, 11) is 2.11. The predicted octanol–water partition coefficient (Wildman–Crippen LogP) is 2.23. The minimum atomic E-state index is 0.535. The Kier molecular flexibility index (Phi) is 4.25. The summed E-state index contributed by atoms with van der Waals surface area (Å²) in [6.45, 7) is 2.34. The molecule has 17 heavy (non-hydrogen) atoms. The molecule has 0 bridgehead atoms. The quantitative estimate of drug-likeness (QED) is 0.881. The lowest BCUT2D eigenvalue weighted by molar-refractivity contribution is 0.315. The van der Waals surface area contributed by atoms with Gasteiger partial charge in [0.15, 0.2) is 0 Å². The van der Waals surface area contributed by atoms with E-state index in [2.05, 4.69) is 46.6 Å². The molecule has 0 aliphatic rings. The number of hydrogen-bond acceptors (Lipinski definition) is 4. The summed E-state index contributed by atoms with van der Waals surface area (Å²) in [5, 5.41) is 3.09. The zero-order valence-electron chi connectivity index (χ0n) is 9.97. The van der Waals surface area contributed by atoms with Crippen molar-refractivity contribution in [3.8, 4) is 0 Å². The van der Waals surface area contributed by atoms with Crippen LogP contribution in [-0.2, 0) is 19.6 Å². The summed E-state index contributed by atoms with van der Waals surface area (Å²) >= 11 is 1.64. The molecule has 1 aromatic carbocycles. The lowest BCUT2D eigenvalue weighted by Crippen LogP contribution is -2.17. The zero-order valence-corrected chi connectivity index (χ0v) is 10.8. The lowest BCUT2D eigenvalue weighted by atomic mass is 10.2. The van der Waals surface area contributed by atoms with Crippen LogP contribution in [0.15, 0.2) is 35.7 Å². The number of benzene rings is 1. The molecule has 90 valence electrons. The fourth-order valence-electron chi connectivity index (χ4n) is 1.74. The second kappa shape index (κ2) is 5.91. The molecule has 0 aliphatic heterocycles. The van der Waals surface area contributed by atoms with E-state index in [0.29, 0.717) is 6.54 Å². The van der Waals surface area contributed by atoms with Gasteiger partial charge in [-0.1, -0.05) is 30.3 Å². The first-order chi connectivity index (χ1) is 8.28. The molecule has 2 rings (SSSR count). The van der Waals surface area contributed by atoms with Gasteiger partial charge in [-0.25, -0.2) is 4.98 Å². The van der Waals surface area contributed by atoms with Gasteiger partial charge in [-0.05, 0) is 12.6 Å². The minimum absolute atomic E-state index is 0.535. The van der Waals surface area contributed by atoms with E-state index < -0.39 is 0 Å². The third-order valence-electron chi connectivity index (χ3n) is 2.50. The van der Waals surface area contributed by atoms with Crippen molar-refractivity contribution in [2.75, 3.05) is 7.05 Å².